The Kier molecular flexibility index (Phi) is 6.43. The van der Waals surface area contributed by atoms with Gasteiger partial charge in [0.25, 0.3) is 0 Å². The Bertz CT molecular complexity index is 317. The second-order valence-electron chi connectivity index (χ2n) is 6.51. The lowest BCUT2D eigenvalue weighted by Crippen LogP contribution is -2.46. The molecule has 0 amide bonds. The summed E-state index contributed by atoms with van der Waals surface area (Å²) in [4.78, 5) is 10.5. The van der Waals surface area contributed by atoms with Crippen LogP contribution in [0.15, 0.2) is 0 Å². The molecule has 0 spiro atoms. The number of aliphatic carboxylic acids is 1. The maximum absolute atomic E-state index is 10.5. The monoisotopic (exact) mass is 288 g/mol. The number of carboxylic acid groups (broad SMARTS) is 1. The minimum Gasteiger partial charge on any atom is -0.480 e. The molecule has 5 nitrogen and oxygen atoms in total. The Hall–Kier alpha value is -0.650. The molecule has 5 heteroatoms. The highest BCUT2D eigenvalue weighted by atomic mass is 16.5. The largest absolute Gasteiger partial charge is 0.480 e. The number of aliphatic hydroxyl groups is 1. The van der Waals surface area contributed by atoms with E-state index in [-0.39, 0.29) is 30.8 Å². The molecule has 1 unspecified atom stereocenters. The van der Waals surface area contributed by atoms with Gasteiger partial charge in [-0.1, -0.05) is 20.8 Å². The molecule has 4 atom stereocenters. The molecule has 0 aliphatic heterocycles. The Labute approximate surface area is 121 Å². The second-order valence-corrected chi connectivity index (χ2v) is 6.51. The van der Waals surface area contributed by atoms with Crippen molar-refractivity contribution in [3.8, 4) is 0 Å². The van der Waals surface area contributed by atoms with E-state index in [0.717, 1.165) is 12.8 Å². The van der Waals surface area contributed by atoms with Gasteiger partial charge in [0.1, 0.15) is 6.61 Å². The number of carbonyl (C=O) groups is 1. The van der Waals surface area contributed by atoms with Gasteiger partial charge < -0.3 is 19.7 Å². The number of methoxy groups -OCH3 is 1. The summed E-state index contributed by atoms with van der Waals surface area (Å²) in [5, 5.41) is 18.9. The summed E-state index contributed by atoms with van der Waals surface area (Å²) in [6.45, 7) is 6.30. The fourth-order valence-corrected chi connectivity index (χ4v) is 3.30. The predicted octanol–water partition coefficient (Wildman–Crippen LogP) is 1.93. The van der Waals surface area contributed by atoms with Gasteiger partial charge >= 0.3 is 5.97 Å². The van der Waals surface area contributed by atoms with Crippen LogP contribution in [0.5, 0.6) is 0 Å². The van der Waals surface area contributed by atoms with E-state index >= 15 is 0 Å². The van der Waals surface area contributed by atoms with E-state index in [9.17, 15) is 9.90 Å². The van der Waals surface area contributed by atoms with Crippen LogP contribution < -0.4 is 0 Å². The first-order valence-electron chi connectivity index (χ1n) is 7.30. The number of hydrogen-bond donors (Lipinski definition) is 2. The van der Waals surface area contributed by atoms with Gasteiger partial charge in [-0.15, -0.1) is 0 Å². The van der Waals surface area contributed by atoms with Crippen LogP contribution in [0.25, 0.3) is 0 Å². The van der Waals surface area contributed by atoms with Gasteiger partial charge in [0, 0.05) is 7.11 Å². The second kappa shape index (κ2) is 7.38. The molecule has 1 rings (SSSR count). The van der Waals surface area contributed by atoms with Gasteiger partial charge in [-0.3, -0.25) is 0 Å². The molecule has 0 aromatic carbocycles. The van der Waals surface area contributed by atoms with Crippen LogP contribution >= 0.6 is 0 Å². The lowest BCUT2D eigenvalue weighted by Gasteiger charge is -2.45. The quantitative estimate of drug-likeness (QED) is 0.748. The molecule has 0 saturated heterocycles. The van der Waals surface area contributed by atoms with Gasteiger partial charge in [-0.25, -0.2) is 4.79 Å². The summed E-state index contributed by atoms with van der Waals surface area (Å²) in [5.74, 6) is -0.173. The summed E-state index contributed by atoms with van der Waals surface area (Å²) in [6.07, 6.45) is 2.08. The molecule has 0 aromatic rings. The first kappa shape index (κ1) is 17.4. The number of carboxylic acids is 1. The fraction of sp³-hybridized carbons (Fsp3) is 0.933. The smallest absolute Gasteiger partial charge is 0.329 e. The maximum Gasteiger partial charge on any atom is 0.329 e. The average Bonchev–Trinajstić information content (AvgIpc) is 2.33. The number of aliphatic hydroxyl groups excluding tert-OH is 1. The fourth-order valence-electron chi connectivity index (χ4n) is 3.30. The molecule has 2 N–H and O–H groups in total. The first-order chi connectivity index (χ1) is 9.30. The van der Waals surface area contributed by atoms with Crippen LogP contribution in [-0.4, -0.2) is 48.7 Å². The van der Waals surface area contributed by atoms with Gasteiger partial charge in [0.15, 0.2) is 0 Å². The summed E-state index contributed by atoms with van der Waals surface area (Å²) in [5.41, 5.74) is -0.169. The highest BCUT2D eigenvalue weighted by Gasteiger charge is 2.43. The van der Waals surface area contributed by atoms with Gasteiger partial charge in [0.2, 0.25) is 0 Å². The topological polar surface area (TPSA) is 76.0 Å². The Balaban J connectivity index is 2.60. The molecule has 1 saturated carbocycles. The third-order valence-corrected chi connectivity index (χ3v) is 4.63. The number of hydrogen-bond acceptors (Lipinski definition) is 4. The minimum atomic E-state index is -0.978. The van der Waals surface area contributed by atoms with E-state index in [1.54, 1.807) is 7.11 Å². The first-order valence-corrected chi connectivity index (χ1v) is 7.30. The average molecular weight is 288 g/mol. The van der Waals surface area contributed by atoms with E-state index in [1.807, 2.05) is 0 Å². The van der Waals surface area contributed by atoms with Crippen LogP contribution in [0.1, 0.15) is 40.0 Å². The Morgan fingerprint density at radius 3 is 2.55 bits per heavy atom. The van der Waals surface area contributed by atoms with Crippen LogP contribution in [0.2, 0.25) is 0 Å². The lowest BCUT2D eigenvalue weighted by molar-refractivity contribution is -0.147. The zero-order valence-electron chi connectivity index (χ0n) is 13.0. The minimum absolute atomic E-state index is 0.169. The molecule has 1 aliphatic carbocycles. The van der Waals surface area contributed by atoms with E-state index in [4.69, 9.17) is 14.6 Å². The molecule has 118 valence electrons. The standard InChI is InChI=1S/C15H28O5/c1-10(2)11-5-6-15(3,7-12(11)16)13(19-4)8-20-9-14(17)18/h10-13,16H,5-9H2,1-4H3,(H,17,18)/t11-,12+,13?,15+/m0/s1. The van der Waals surface area contributed by atoms with Crippen molar-refractivity contribution >= 4 is 5.97 Å². The van der Waals surface area contributed by atoms with Crippen molar-refractivity contribution < 1.29 is 24.5 Å². The highest BCUT2D eigenvalue weighted by molar-refractivity contribution is 5.67. The molecule has 0 radical (unpaired) electrons. The summed E-state index contributed by atoms with van der Waals surface area (Å²) in [7, 11) is 1.61. The number of rotatable bonds is 7. The maximum atomic E-state index is 10.5. The van der Waals surface area contributed by atoms with Crippen LogP contribution in [0.3, 0.4) is 0 Å². The van der Waals surface area contributed by atoms with Crippen LogP contribution in [0.4, 0.5) is 0 Å². The SMILES string of the molecule is COC(COCC(=O)O)[C@]1(C)CC[C@@H](C(C)C)[C@H](O)C1. The van der Waals surface area contributed by atoms with E-state index in [1.165, 1.54) is 0 Å². The molecule has 0 bridgehead atoms. The van der Waals surface area contributed by atoms with Crippen molar-refractivity contribution in [3.63, 3.8) is 0 Å². The van der Waals surface area contributed by atoms with Crippen LogP contribution in [-0.2, 0) is 14.3 Å². The Morgan fingerprint density at radius 1 is 1.45 bits per heavy atom. The van der Waals surface area contributed by atoms with Crippen molar-refractivity contribution in [2.24, 2.45) is 17.3 Å². The van der Waals surface area contributed by atoms with Gasteiger partial charge in [0.05, 0.1) is 18.8 Å². The van der Waals surface area contributed by atoms with E-state index in [2.05, 4.69) is 20.8 Å². The van der Waals surface area contributed by atoms with Crippen molar-refractivity contribution in [2.75, 3.05) is 20.3 Å². The molecule has 0 aromatic heterocycles. The zero-order valence-corrected chi connectivity index (χ0v) is 13.0. The summed E-state index contributed by atoms with van der Waals surface area (Å²) < 4.78 is 10.7. The van der Waals surface area contributed by atoms with E-state index in [0.29, 0.717) is 18.3 Å². The molecule has 1 fully saturated rings. The zero-order chi connectivity index (χ0) is 15.3. The lowest BCUT2D eigenvalue weighted by atomic mass is 9.65. The third kappa shape index (κ3) is 4.43. The Morgan fingerprint density at radius 2 is 2.10 bits per heavy atom. The van der Waals surface area contributed by atoms with Crippen molar-refractivity contribution in [1.29, 1.82) is 0 Å². The highest BCUT2D eigenvalue weighted by Crippen LogP contribution is 2.44. The van der Waals surface area contributed by atoms with Crippen molar-refractivity contribution in [2.45, 2.75) is 52.2 Å². The number of ether oxygens (including phenoxy) is 2. The van der Waals surface area contributed by atoms with E-state index < -0.39 is 5.97 Å². The molecular formula is C15H28O5. The van der Waals surface area contributed by atoms with Gasteiger partial charge in [-0.2, -0.15) is 0 Å². The molecular weight excluding hydrogens is 260 g/mol. The third-order valence-electron chi connectivity index (χ3n) is 4.63. The van der Waals surface area contributed by atoms with Crippen molar-refractivity contribution in [3.05, 3.63) is 0 Å². The normalized spacial score (nSPS) is 32.3. The molecule has 20 heavy (non-hydrogen) atoms. The molecule has 0 heterocycles. The predicted molar refractivity (Wildman–Crippen MR) is 75.5 cm³/mol. The van der Waals surface area contributed by atoms with Crippen LogP contribution in [0, 0.1) is 17.3 Å². The van der Waals surface area contributed by atoms with Gasteiger partial charge in [-0.05, 0) is 36.5 Å². The summed E-state index contributed by atoms with van der Waals surface area (Å²) >= 11 is 0. The van der Waals surface area contributed by atoms with Crippen molar-refractivity contribution in [1.82, 2.24) is 0 Å². The molecule has 1 aliphatic rings. The summed E-state index contributed by atoms with van der Waals surface area (Å²) in [6, 6.07) is 0.